The summed E-state index contributed by atoms with van der Waals surface area (Å²) in [5.41, 5.74) is 9.95. The van der Waals surface area contributed by atoms with Gasteiger partial charge in [-0.25, -0.2) is 0 Å². The molecule has 0 saturated heterocycles. The van der Waals surface area contributed by atoms with E-state index in [4.69, 9.17) is 19.9 Å². The van der Waals surface area contributed by atoms with Gasteiger partial charge in [-0.05, 0) is 19.3 Å². The van der Waals surface area contributed by atoms with Gasteiger partial charge in [0.2, 0.25) is 0 Å². The maximum atomic E-state index is 6.59. The summed E-state index contributed by atoms with van der Waals surface area (Å²) in [6.07, 6.45) is 5.09. The molecule has 4 heteroatoms. The lowest BCUT2D eigenvalue weighted by Gasteiger charge is -2.40. The van der Waals surface area contributed by atoms with Gasteiger partial charge < -0.3 is 19.9 Å². The summed E-state index contributed by atoms with van der Waals surface area (Å²) >= 11 is 0. The van der Waals surface area contributed by atoms with Gasteiger partial charge in [0.05, 0.1) is 20.3 Å². The summed E-state index contributed by atoms with van der Waals surface area (Å²) < 4.78 is 17.3. The smallest absolute Gasteiger partial charge is 0.168 e. The van der Waals surface area contributed by atoms with Crippen molar-refractivity contribution in [3.8, 4) is 17.2 Å². The van der Waals surface area contributed by atoms with Gasteiger partial charge in [-0.2, -0.15) is 0 Å². The second-order valence-electron chi connectivity index (χ2n) is 5.73. The zero-order chi connectivity index (χ0) is 13.0. The third-order valence-corrected chi connectivity index (χ3v) is 4.70. The summed E-state index contributed by atoms with van der Waals surface area (Å²) in [5.74, 6) is 2.77. The average Bonchev–Trinajstić information content (AvgIpc) is 3.00. The van der Waals surface area contributed by atoms with Crippen LogP contribution in [0.25, 0.3) is 0 Å². The molecule has 1 aromatic rings. The largest absolute Gasteiger partial charge is 0.492 e. The molecule has 19 heavy (non-hydrogen) atoms. The monoisotopic (exact) mass is 261 g/mol. The van der Waals surface area contributed by atoms with Crippen molar-refractivity contribution in [3.05, 3.63) is 16.7 Å². The SMILES string of the molecule is COc1c2c(c(C3(N)CCC3)c3c1OCC3)OCC2. The molecular formula is C15H19NO3. The lowest BCUT2D eigenvalue weighted by Crippen LogP contribution is -2.44. The Morgan fingerprint density at radius 2 is 1.74 bits per heavy atom. The van der Waals surface area contributed by atoms with Crippen molar-refractivity contribution in [2.45, 2.75) is 37.6 Å². The van der Waals surface area contributed by atoms with Crippen molar-refractivity contribution >= 4 is 0 Å². The molecular weight excluding hydrogens is 242 g/mol. The highest BCUT2D eigenvalue weighted by atomic mass is 16.5. The van der Waals surface area contributed by atoms with E-state index in [1.807, 2.05) is 0 Å². The number of rotatable bonds is 2. The second kappa shape index (κ2) is 3.79. The molecule has 4 nitrogen and oxygen atoms in total. The van der Waals surface area contributed by atoms with Crippen molar-refractivity contribution in [1.82, 2.24) is 0 Å². The van der Waals surface area contributed by atoms with Gasteiger partial charge in [-0.1, -0.05) is 0 Å². The maximum Gasteiger partial charge on any atom is 0.168 e. The molecule has 1 fully saturated rings. The topological polar surface area (TPSA) is 53.7 Å². The van der Waals surface area contributed by atoms with Gasteiger partial charge in [0.1, 0.15) is 5.75 Å². The third-order valence-electron chi connectivity index (χ3n) is 4.70. The molecule has 1 aromatic carbocycles. The van der Waals surface area contributed by atoms with Crippen molar-refractivity contribution in [2.75, 3.05) is 20.3 Å². The van der Waals surface area contributed by atoms with Crippen LogP contribution in [0.2, 0.25) is 0 Å². The van der Waals surface area contributed by atoms with Gasteiger partial charge in [0, 0.05) is 35.1 Å². The highest BCUT2D eigenvalue weighted by Crippen LogP contribution is 2.55. The first-order chi connectivity index (χ1) is 9.24. The predicted octanol–water partition coefficient (Wildman–Crippen LogP) is 1.90. The average molecular weight is 261 g/mol. The predicted molar refractivity (Wildman–Crippen MR) is 71.1 cm³/mol. The van der Waals surface area contributed by atoms with Crippen LogP contribution in [0.15, 0.2) is 0 Å². The molecule has 102 valence electrons. The van der Waals surface area contributed by atoms with E-state index in [1.165, 1.54) is 17.5 Å². The Labute approximate surface area is 112 Å². The van der Waals surface area contributed by atoms with Crippen molar-refractivity contribution in [2.24, 2.45) is 5.73 Å². The van der Waals surface area contributed by atoms with Crippen molar-refractivity contribution in [3.63, 3.8) is 0 Å². The number of ether oxygens (including phenoxy) is 3. The molecule has 0 radical (unpaired) electrons. The fourth-order valence-corrected chi connectivity index (χ4v) is 3.62. The number of hydrogen-bond donors (Lipinski definition) is 1. The van der Waals surface area contributed by atoms with Crippen LogP contribution in [0.4, 0.5) is 0 Å². The number of nitrogens with two attached hydrogens (primary N) is 1. The third kappa shape index (κ3) is 1.38. The highest BCUT2D eigenvalue weighted by molar-refractivity contribution is 5.67. The maximum absolute atomic E-state index is 6.59. The zero-order valence-corrected chi connectivity index (χ0v) is 11.3. The van der Waals surface area contributed by atoms with Crippen LogP contribution in [0.5, 0.6) is 17.2 Å². The molecule has 2 N–H and O–H groups in total. The van der Waals surface area contributed by atoms with Crippen molar-refractivity contribution in [1.29, 1.82) is 0 Å². The minimum atomic E-state index is -0.210. The summed E-state index contributed by atoms with van der Waals surface area (Å²) in [6.45, 7) is 1.44. The molecule has 4 rings (SSSR count). The van der Waals surface area contributed by atoms with E-state index in [-0.39, 0.29) is 5.54 Å². The Morgan fingerprint density at radius 3 is 2.37 bits per heavy atom. The van der Waals surface area contributed by atoms with Crippen molar-refractivity contribution < 1.29 is 14.2 Å². The van der Waals surface area contributed by atoms with Crippen LogP contribution in [-0.4, -0.2) is 20.3 Å². The Kier molecular flexibility index (Phi) is 2.28. The highest BCUT2D eigenvalue weighted by Gasteiger charge is 2.44. The Balaban J connectivity index is 2.00. The fourth-order valence-electron chi connectivity index (χ4n) is 3.62. The van der Waals surface area contributed by atoms with E-state index in [0.717, 1.165) is 61.7 Å². The van der Waals surface area contributed by atoms with Crippen LogP contribution in [-0.2, 0) is 18.4 Å². The van der Waals surface area contributed by atoms with E-state index in [9.17, 15) is 0 Å². The standard InChI is InChI=1S/C15H19NO3/c1-17-13-10-4-8-18-12(10)11(15(16)5-2-6-15)9-3-7-19-14(9)13/h2-8,16H2,1H3. The molecule has 2 aliphatic heterocycles. The Hall–Kier alpha value is -1.42. The Morgan fingerprint density at radius 1 is 1.05 bits per heavy atom. The molecule has 0 bridgehead atoms. The van der Waals surface area contributed by atoms with Gasteiger partial charge >= 0.3 is 0 Å². The lowest BCUT2D eigenvalue weighted by atomic mass is 9.70. The quantitative estimate of drug-likeness (QED) is 0.883. The summed E-state index contributed by atoms with van der Waals surface area (Å²) in [6, 6.07) is 0. The minimum absolute atomic E-state index is 0.210. The first-order valence-electron chi connectivity index (χ1n) is 7.05. The van der Waals surface area contributed by atoms with Gasteiger partial charge in [-0.15, -0.1) is 0 Å². The molecule has 2 heterocycles. The van der Waals surface area contributed by atoms with E-state index < -0.39 is 0 Å². The molecule has 0 atom stereocenters. The molecule has 0 aromatic heterocycles. The van der Waals surface area contributed by atoms with Gasteiger partial charge in [0.25, 0.3) is 0 Å². The number of hydrogen-bond acceptors (Lipinski definition) is 4. The normalized spacial score (nSPS) is 22.0. The van der Waals surface area contributed by atoms with E-state index >= 15 is 0 Å². The van der Waals surface area contributed by atoms with Gasteiger partial charge in [-0.3, -0.25) is 0 Å². The minimum Gasteiger partial charge on any atom is -0.492 e. The van der Waals surface area contributed by atoms with Crippen LogP contribution in [0, 0.1) is 0 Å². The first kappa shape index (κ1) is 11.4. The zero-order valence-electron chi connectivity index (χ0n) is 11.3. The van der Waals surface area contributed by atoms with E-state index in [2.05, 4.69) is 0 Å². The second-order valence-corrected chi connectivity index (χ2v) is 5.73. The van der Waals surface area contributed by atoms with Crippen LogP contribution in [0.3, 0.4) is 0 Å². The first-order valence-corrected chi connectivity index (χ1v) is 7.05. The summed E-state index contributed by atoms with van der Waals surface area (Å²) in [4.78, 5) is 0. The van der Waals surface area contributed by atoms with Gasteiger partial charge in [0.15, 0.2) is 11.5 Å². The summed E-state index contributed by atoms with van der Waals surface area (Å²) in [5, 5.41) is 0. The van der Waals surface area contributed by atoms with Crippen LogP contribution < -0.4 is 19.9 Å². The fraction of sp³-hybridized carbons (Fsp3) is 0.600. The molecule has 0 unspecified atom stereocenters. The molecule has 0 spiro atoms. The van der Waals surface area contributed by atoms with Crippen LogP contribution in [0.1, 0.15) is 36.0 Å². The number of methoxy groups -OCH3 is 1. The number of benzene rings is 1. The molecule has 1 aliphatic carbocycles. The lowest BCUT2D eigenvalue weighted by molar-refractivity contribution is 0.239. The molecule has 1 saturated carbocycles. The molecule has 3 aliphatic rings. The van der Waals surface area contributed by atoms with E-state index in [1.54, 1.807) is 7.11 Å². The summed E-state index contributed by atoms with van der Waals surface area (Å²) in [7, 11) is 1.71. The van der Waals surface area contributed by atoms with E-state index in [0.29, 0.717) is 0 Å². The number of fused-ring (bicyclic) bond motifs is 2. The van der Waals surface area contributed by atoms with Crippen LogP contribution >= 0.6 is 0 Å². The Bertz CT molecular complexity index is 514. The molecule has 0 amide bonds.